The van der Waals surface area contributed by atoms with Crippen LogP contribution in [0.4, 0.5) is 5.69 Å². The van der Waals surface area contributed by atoms with Gasteiger partial charge in [-0.2, -0.15) is 26.7 Å². The molecule has 2 aliphatic rings. The fraction of sp³-hybridized carbons (Fsp3) is 0.167. The number of allylic oxidation sites excluding steroid dienone is 5. The van der Waals surface area contributed by atoms with Crippen LogP contribution in [0.3, 0.4) is 0 Å². The Kier molecular flexibility index (Phi) is 5.89. The van der Waals surface area contributed by atoms with E-state index in [2.05, 4.69) is 9.89 Å². The summed E-state index contributed by atoms with van der Waals surface area (Å²) in [7, 11) is -9.36. The van der Waals surface area contributed by atoms with Gasteiger partial charge in [-0.3, -0.25) is 13.9 Å². The third kappa shape index (κ3) is 4.93. The summed E-state index contributed by atoms with van der Waals surface area (Å²) >= 11 is 0. The van der Waals surface area contributed by atoms with Crippen LogP contribution < -0.4 is 5.01 Å². The maximum atomic E-state index is 12.0. The number of hydrazone groups is 1. The molecule has 0 fully saturated rings. The van der Waals surface area contributed by atoms with Gasteiger partial charge in [-0.1, -0.05) is 24.3 Å². The quantitative estimate of drug-likeness (QED) is 0.378. The van der Waals surface area contributed by atoms with E-state index in [-0.39, 0.29) is 29.3 Å². The minimum Gasteiger partial charge on any atom is -0.361 e. The number of nitrogens with zero attached hydrogens (tertiary/aromatic N) is 4. The molecule has 1 aliphatic heterocycles. The van der Waals surface area contributed by atoms with Gasteiger partial charge in [0.25, 0.3) is 26.1 Å². The molecule has 0 saturated carbocycles. The molecule has 0 saturated heterocycles. The lowest BCUT2D eigenvalue weighted by molar-refractivity contribution is -0.116. The number of carbonyl (C=O) groups excluding carboxylic acids is 1. The van der Waals surface area contributed by atoms with Crippen LogP contribution in [0.2, 0.25) is 0 Å². The maximum absolute atomic E-state index is 12.0. The summed E-state index contributed by atoms with van der Waals surface area (Å²) in [4.78, 5) is 13.9. The lowest BCUT2D eigenvalue weighted by Crippen LogP contribution is -2.20. The van der Waals surface area contributed by atoms with Gasteiger partial charge < -0.3 is 5.53 Å². The van der Waals surface area contributed by atoms with Gasteiger partial charge in [0.2, 0.25) is 0 Å². The van der Waals surface area contributed by atoms with Crippen molar-refractivity contribution in [1.29, 1.82) is 0 Å². The predicted octanol–water partition coefficient (Wildman–Crippen LogP) is 1.69. The summed E-state index contributed by atoms with van der Waals surface area (Å²) < 4.78 is 66.1. The first-order valence-corrected chi connectivity index (χ1v) is 11.5. The first-order valence-electron chi connectivity index (χ1n) is 8.66. The van der Waals surface area contributed by atoms with Crippen LogP contribution in [-0.2, 0) is 25.0 Å². The molecular formula is C18H16N4O7S2. The largest absolute Gasteiger partial charge is 0.361 e. The lowest BCUT2D eigenvalue weighted by atomic mass is 10.0. The molecule has 13 heteroatoms. The van der Waals surface area contributed by atoms with Crippen LogP contribution in [0.25, 0.3) is 11.6 Å². The normalized spacial score (nSPS) is 19.6. The molecular weight excluding hydrogens is 448 g/mol. The van der Waals surface area contributed by atoms with Crippen molar-refractivity contribution in [2.75, 3.05) is 5.01 Å². The second-order valence-electron chi connectivity index (χ2n) is 6.71. The molecule has 1 aromatic carbocycles. The molecule has 31 heavy (non-hydrogen) atoms. The molecule has 3 rings (SSSR count). The molecule has 1 unspecified atom stereocenters. The van der Waals surface area contributed by atoms with E-state index in [1.165, 1.54) is 36.4 Å². The Labute approximate surface area is 177 Å². The van der Waals surface area contributed by atoms with Gasteiger partial charge in [-0.25, -0.2) is 5.01 Å². The van der Waals surface area contributed by atoms with Crippen molar-refractivity contribution in [2.45, 2.75) is 18.2 Å². The molecule has 1 aromatic rings. The predicted molar refractivity (Wildman–Crippen MR) is 111 cm³/mol. The van der Waals surface area contributed by atoms with E-state index in [4.69, 9.17) is 5.53 Å². The van der Waals surface area contributed by atoms with E-state index in [0.29, 0.717) is 5.71 Å². The van der Waals surface area contributed by atoms with E-state index in [1.54, 1.807) is 6.92 Å². The molecule has 0 bridgehead atoms. The lowest BCUT2D eigenvalue weighted by Gasteiger charge is -2.15. The van der Waals surface area contributed by atoms with E-state index in [0.717, 1.165) is 17.2 Å². The average molecular weight is 464 g/mol. The molecule has 1 amide bonds. The third-order valence-corrected chi connectivity index (χ3v) is 6.32. The van der Waals surface area contributed by atoms with Crippen molar-refractivity contribution in [3.63, 3.8) is 0 Å². The summed E-state index contributed by atoms with van der Waals surface area (Å²) in [5.41, 5.74) is 9.38. The van der Waals surface area contributed by atoms with Crippen molar-refractivity contribution in [1.82, 2.24) is 0 Å². The number of hydrogen-bond acceptors (Lipinski definition) is 6. The first kappa shape index (κ1) is 22.5. The average Bonchev–Trinajstić information content (AvgIpc) is 3.02. The number of amides is 1. The van der Waals surface area contributed by atoms with E-state index in [1.807, 2.05) is 0 Å². The number of carbonyl (C=O) groups is 1. The van der Waals surface area contributed by atoms with Crippen molar-refractivity contribution in [2.24, 2.45) is 11.0 Å². The van der Waals surface area contributed by atoms with E-state index in [9.17, 15) is 30.7 Å². The summed E-state index contributed by atoms with van der Waals surface area (Å²) in [6.07, 6.45) is 6.17. The zero-order valence-corrected chi connectivity index (χ0v) is 17.6. The minimum atomic E-state index is -4.71. The van der Waals surface area contributed by atoms with Crippen LogP contribution in [0.1, 0.15) is 18.9 Å². The second kappa shape index (κ2) is 8.13. The summed E-state index contributed by atoms with van der Waals surface area (Å²) in [6.45, 7) is 1.64. The van der Waals surface area contributed by atoms with Gasteiger partial charge in [0.05, 0.1) is 17.0 Å². The van der Waals surface area contributed by atoms with Crippen molar-refractivity contribution < 1.29 is 35.5 Å². The maximum Gasteiger partial charge on any atom is 0.316 e. The van der Waals surface area contributed by atoms with Crippen molar-refractivity contribution in [3.8, 4) is 0 Å². The second-order valence-corrected chi connectivity index (χ2v) is 9.52. The Bertz CT molecular complexity index is 1350. The van der Waals surface area contributed by atoms with Gasteiger partial charge in [0, 0.05) is 23.8 Å². The molecule has 0 radical (unpaired) electrons. The molecule has 1 heterocycles. The molecule has 11 nitrogen and oxygen atoms in total. The Morgan fingerprint density at radius 2 is 1.94 bits per heavy atom. The summed E-state index contributed by atoms with van der Waals surface area (Å²) in [6, 6.07) is 3.80. The molecule has 1 aliphatic carbocycles. The highest BCUT2D eigenvalue weighted by molar-refractivity contribution is 7.89. The molecule has 1 atom stereocenters. The summed E-state index contributed by atoms with van der Waals surface area (Å²) in [5.74, 6) is -1.36. The Morgan fingerprint density at radius 3 is 2.48 bits per heavy atom. The van der Waals surface area contributed by atoms with Gasteiger partial charge in [0.15, 0.2) is 0 Å². The Hall–Kier alpha value is -3.22. The van der Waals surface area contributed by atoms with Gasteiger partial charge in [-0.05, 0) is 24.6 Å². The third-order valence-electron chi connectivity index (χ3n) is 4.42. The smallest absolute Gasteiger partial charge is 0.316 e. The number of hydrogen-bond donors (Lipinski definition) is 2. The topological polar surface area (TPSA) is 178 Å². The van der Waals surface area contributed by atoms with E-state index < -0.39 is 36.0 Å². The Balaban J connectivity index is 2.03. The zero-order valence-electron chi connectivity index (χ0n) is 15.9. The highest BCUT2D eigenvalue weighted by atomic mass is 32.2. The highest BCUT2D eigenvalue weighted by Crippen LogP contribution is 2.29. The minimum absolute atomic E-state index is 0.00306. The van der Waals surface area contributed by atoms with Crippen LogP contribution in [0.5, 0.6) is 0 Å². The number of benzene rings is 1. The van der Waals surface area contributed by atoms with E-state index >= 15 is 0 Å². The summed E-state index contributed by atoms with van der Waals surface area (Å²) in [5, 5.41) is 5.05. The van der Waals surface area contributed by atoms with Crippen LogP contribution in [0.15, 0.2) is 57.4 Å². The molecule has 0 spiro atoms. The van der Waals surface area contributed by atoms with Crippen LogP contribution >= 0.6 is 0 Å². The number of rotatable bonds is 5. The molecule has 162 valence electrons. The van der Waals surface area contributed by atoms with Crippen molar-refractivity contribution in [3.05, 3.63) is 58.5 Å². The van der Waals surface area contributed by atoms with Crippen LogP contribution in [0, 0.1) is 5.92 Å². The standard InChI is InChI=1S/C18H16N4O7S2/c1-11-8-18(23)22(21-11)15-7-5-13(17(10-15)31(27,28)29)3-2-12-4-6-14(20-19)9-16(12)30(24,25)26/h2-7,9-10,12H,8H2,1H3,(H,24,25,26)(H,27,28,29)/b3-2+. The monoisotopic (exact) mass is 464 g/mol. The fourth-order valence-corrected chi connectivity index (χ4v) is 4.51. The highest BCUT2D eigenvalue weighted by Gasteiger charge is 2.28. The van der Waals surface area contributed by atoms with Gasteiger partial charge in [-0.15, -0.1) is 0 Å². The molecule has 0 aromatic heterocycles. The van der Waals surface area contributed by atoms with Gasteiger partial charge in [0.1, 0.15) is 4.90 Å². The zero-order chi connectivity index (χ0) is 23.0. The Morgan fingerprint density at radius 1 is 1.23 bits per heavy atom. The molecule has 2 N–H and O–H groups in total. The fourth-order valence-electron chi connectivity index (χ4n) is 3.04. The van der Waals surface area contributed by atoms with Crippen molar-refractivity contribution >= 4 is 49.3 Å². The number of anilines is 1. The van der Waals surface area contributed by atoms with Crippen LogP contribution in [-0.4, -0.2) is 48.1 Å². The SMILES string of the molecule is CC1=NN(c2ccc(/C=C/C3C=CC(=[N+]=[N-])C=C3S(=O)(=O)O)c(S(=O)(=O)O)c2)C(=O)C1. The first-order chi connectivity index (χ1) is 14.4. The van der Waals surface area contributed by atoms with Gasteiger partial charge >= 0.3 is 5.71 Å².